The lowest BCUT2D eigenvalue weighted by molar-refractivity contribution is -0.117. The maximum Gasteiger partial charge on any atom is 0.248 e. The maximum atomic E-state index is 13.1. The van der Waals surface area contributed by atoms with E-state index in [2.05, 4.69) is 10.2 Å². The second-order valence-corrected chi connectivity index (χ2v) is 9.85. The molecule has 1 amide bonds. The number of rotatable bonds is 7. The Balaban J connectivity index is 1.82. The monoisotopic (exact) mass is 465 g/mol. The molecule has 1 saturated heterocycles. The Morgan fingerprint density at radius 1 is 1.19 bits per heavy atom. The molecule has 0 unspecified atom stereocenters. The fourth-order valence-electron chi connectivity index (χ4n) is 3.66. The number of benzene rings is 2. The third-order valence-corrected chi connectivity index (χ3v) is 6.65. The molecule has 1 fully saturated rings. The number of sulfonamides is 1. The summed E-state index contributed by atoms with van der Waals surface area (Å²) in [6.45, 7) is 6.61. The van der Waals surface area contributed by atoms with E-state index in [9.17, 15) is 13.2 Å². The van der Waals surface area contributed by atoms with Gasteiger partial charge in [-0.15, -0.1) is 0 Å². The first-order chi connectivity index (χ1) is 14.7. The minimum absolute atomic E-state index is 0.302. The number of halogens is 1. The summed E-state index contributed by atoms with van der Waals surface area (Å²) in [6.07, 6.45) is 1.40. The number of carbonyl (C=O) groups is 1. The highest BCUT2D eigenvalue weighted by molar-refractivity contribution is 7.92. The zero-order valence-electron chi connectivity index (χ0n) is 18.0. The molecule has 1 aliphatic rings. The topological polar surface area (TPSA) is 79.0 Å². The van der Waals surface area contributed by atoms with Crippen molar-refractivity contribution in [2.45, 2.75) is 26.3 Å². The Morgan fingerprint density at radius 2 is 1.84 bits per heavy atom. The van der Waals surface area contributed by atoms with Gasteiger partial charge in [0.2, 0.25) is 15.9 Å². The number of hydrogen-bond acceptors (Lipinski definition) is 5. The van der Waals surface area contributed by atoms with Crippen molar-refractivity contribution >= 4 is 44.6 Å². The molecule has 9 heteroatoms. The fraction of sp³-hybridized carbons (Fsp3) is 0.409. The van der Waals surface area contributed by atoms with Crippen molar-refractivity contribution in [2.24, 2.45) is 0 Å². The predicted octanol–water partition coefficient (Wildman–Crippen LogP) is 3.67. The van der Waals surface area contributed by atoms with E-state index < -0.39 is 22.0 Å². The van der Waals surface area contributed by atoms with Crippen LogP contribution in [0.2, 0.25) is 5.02 Å². The molecular formula is C22H28ClN3O4S. The van der Waals surface area contributed by atoms with Gasteiger partial charge in [-0.05, 0) is 55.3 Å². The van der Waals surface area contributed by atoms with Crippen LogP contribution in [-0.2, 0) is 19.6 Å². The Bertz CT molecular complexity index is 1020. The van der Waals surface area contributed by atoms with Crippen LogP contribution in [0.1, 0.15) is 18.9 Å². The van der Waals surface area contributed by atoms with Gasteiger partial charge in [-0.2, -0.15) is 0 Å². The minimum Gasteiger partial charge on any atom is -0.378 e. The lowest BCUT2D eigenvalue weighted by Crippen LogP contribution is -2.47. The number of morpholine rings is 1. The van der Waals surface area contributed by atoms with Crippen LogP contribution >= 0.6 is 11.6 Å². The number of nitrogens with one attached hydrogen (secondary N) is 1. The van der Waals surface area contributed by atoms with Gasteiger partial charge in [0.15, 0.2) is 0 Å². The molecule has 3 rings (SSSR count). The summed E-state index contributed by atoms with van der Waals surface area (Å²) in [4.78, 5) is 15.3. The Morgan fingerprint density at radius 3 is 2.42 bits per heavy atom. The van der Waals surface area contributed by atoms with Crippen LogP contribution in [0.5, 0.6) is 0 Å². The summed E-state index contributed by atoms with van der Waals surface area (Å²) >= 11 is 6.11. The van der Waals surface area contributed by atoms with Crippen molar-refractivity contribution in [3.8, 4) is 0 Å². The highest BCUT2D eigenvalue weighted by Gasteiger charge is 2.32. The zero-order valence-corrected chi connectivity index (χ0v) is 19.5. The van der Waals surface area contributed by atoms with Crippen molar-refractivity contribution in [3.05, 3.63) is 53.1 Å². The van der Waals surface area contributed by atoms with Crippen molar-refractivity contribution in [1.29, 1.82) is 0 Å². The second kappa shape index (κ2) is 9.89. The van der Waals surface area contributed by atoms with E-state index in [1.165, 1.54) is 0 Å². The number of anilines is 3. The molecule has 1 aliphatic heterocycles. The highest BCUT2D eigenvalue weighted by Crippen LogP contribution is 2.30. The fourth-order valence-corrected chi connectivity index (χ4v) is 5.09. The van der Waals surface area contributed by atoms with E-state index in [0.717, 1.165) is 34.9 Å². The van der Waals surface area contributed by atoms with Gasteiger partial charge in [0, 0.05) is 29.5 Å². The Kier molecular flexibility index (Phi) is 7.46. The van der Waals surface area contributed by atoms with E-state index in [4.69, 9.17) is 16.3 Å². The van der Waals surface area contributed by atoms with Gasteiger partial charge in [0.05, 0.1) is 25.2 Å². The molecule has 7 nitrogen and oxygen atoms in total. The molecule has 0 saturated carbocycles. The van der Waals surface area contributed by atoms with Crippen molar-refractivity contribution < 1.29 is 17.9 Å². The number of carbonyl (C=O) groups excluding carboxylic acids is 1. The first kappa shape index (κ1) is 23.4. The Labute approximate surface area is 189 Å². The first-order valence-corrected chi connectivity index (χ1v) is 12.4. The molecule has 1 heterocycles. The predicted molar refractivity (Wildman–Crippen MR) is 126 cm³/mol. The van der Waals surface area contributed by atoms with E-state index in [0.29, 0.717) is 36.0 Å². The van der Waals surface area contributed by atoms with Gasteiger partial charge in [0.25, 0.3) is 0 Å². The highest BCUT2D eigenvalue weighted by atomic mass is 35.5. The van der Waals surface area contributed by atoms with Gasteiger partial charge in [-0.3, -0.25) is 9.10 Å². The molecule has 1 atom stereocenters. The van der Waals surface area contributed by atoms with Gasteiger partial charge >= 0.3 is 0 Å². The van der Waals surface area contributed by atoms with E-state index in [1.54, 1.807) is 32.0 Å². The molecule has 2 aromatic rings. The largest absolute Gasteiger partial charge is 0.378 e. The summed E-state index contributed by atoms with van der Waals surface area (Å²) in [5.41, 5.74) is 2.79. The van der Waals surface area contributed by atoms with Crippen LogP contribution in [0.4, 0.5) is 17.1 Å². The van der Waals surface area contributed by atoms with Crippen LogP contribution in [-0.4, -0.2) is 52.9 Å². The number of nitrogens with zero attached hydrogens (tertiary/aromatic N) is 2. The van der Waals surface area contributed by atoms with Gasteiger partial charge in [-0.25, -0.2) is 8.42 Å². The standard InChI is InChI=1S/C22H28ClN3O4S/c1-4-20(26(31(3,28)29)21-15-17(23)6-5-16(21)2)22(27)24-18-7-9-19(10-8-18)25-11-13-30-14-12-25/h5-10,15,20H,4,11-14H2,1-3H3,(H,24,27)/t20-/m1/s1. The third-order valence-electron chi connectivity index (χ3n) is 5.25. The van der Waals surface area contributed by atoms with Crippen molar-refractivity contribution in [3.63, 3.8) is 0 Å². The molecule has 0 spiro atoms. The first-order valence-electron chi connectivity index (χ1n) is 10.2. The number of hydrogen-bond donors (Lipinski definition) is 1. The van der Waals surface area contributed by atoms with Crippen LogP contribution < -0.4 is 14.5 Å². The third kappa shape index (κ3) is 5.70. The van der Waals surface area contributed by atoms with Gasteiger partial charge in [0.1, 0.15) is 6.04 Å². The molecule has 0 aromatic heterocycles. The van der Waals surface area contributed by atoms with Crippen LogP contribution in [0, 0.1) is 6.92 Å². The molecule has 168 valence electrons. The maximum absolute atomic E-state index is 13.1. The average molecular weight is 466 g/mol. The lowest BCUT2D eigenvalue weighted by atomic mass is 10.1. The molecule has 1 N–H and O–H groups in total. The molecule has 31 heavy (non-hydrogen) atoms. The summed E-state index contributed by atoms with van der Waals surface area (Å²) in [5, 5.41) is 3.26. The summed E-state index contributed by atoms with van der Waals surface area (Å²) in [5.74, 6) is -0.397. The summed E-state index contributed by atoms with van der Waals surface area (Å²) < 4.78 is 31.9. The lowest BCUT2D eigenvalue weighted by Gasteiger charge is -2.31. The van der Waals surface area contributed by atoms with Crippen molar-refractivity contribution in [2.75, 3.05) is 47.1 Å². The second-order valence-electron chi connectivity index (χ2n) is 7.55. The van der Waals surface area contributed by atoms with Crippen molar-refractivity contribution in [1.82, 2.24) is 0 Å². The quantitative estimate of drug-likeness (QED) is 0.675. The molecule has 2 aromatic carbocycles. The molecule has 0 radical (unpaired) electrons. The van der Waals surface area contributed by atoms with Gasteiger partial charge < -0.3 is 15.0 Å². The smallest absolute Gasteiger partial charge is 0.248 e. The van der Waals surface area contributed by atoms with E-state index >= 15 is 0 Å². The van der Waals surface area contributed by atoms with Crippen LogP contribution in [0.15, 0.2) is 42.5 Å². The molecular weight excluding hydrogens is 438 g/mol. The van der Waals surface area contributed by atoms with E-state index in [-0.39, 0.29) is 0 Å². The number of ether oxygens (including phenoxy) is 1. The summed E-state index contributed by atoms with van der Waals surface area (Å²) in [6, 6.07) is 11.6. The number of aryl methyl sites for hydroxylation is 1. The SMILES string of the molecule is CC[C@H](C(=O)Nc1ccc(N2CCOCC2)cc1)N(c1cc(Cl)ccc1C)S(C)(=O)=O. The van der Waals surface area contributed by atoms with Gasteiger partial charge in [-0.1, -0.05) is 24.6 Å². The number of amides is 1. The zero-order chi connectivity index (χ0) is 22.6. The normalized spacial score (nSPS) is 15.4. The minimum atomic E-state index is -3.73. The average Bonchev–Trinajstić information content (AvgIpc) is 2.74. The Hall–Kier alpha value is -2.29. The molecule has 0 bridgehead atoms. The van der Waals surface area contributed by atoms with E-state index in [1.807, 2.05) is 24.3 Å². The van der Waals surface area contributed by atoms with Crippen LogP contribution in [0.25, 0.3) is 0 Å². The van der Waals surface area contributed by atoms with Crippen LogP contribution in [0.3, 0.4) is 0 Å². The molecule has 0 aliphatic carbocycles. The summed E-state index contributed by atoms with van der Waals surface area (Å²) in [7, 11) is -3.73.